The van der Waals surface area contributed by atoms with E-state index >= 15 is 0 Å². The SMILES string of the molecule is C/C=C/CCCCF. The summed E-state index contributed by atoms with van der Waals surface area (Å²) < 4.78 is 11.4. The van der Waals surface area contributed by atoms with Crippen LogP contribution in [0.3, 0.4) is 0 Å². The number of rotatable bonds is 4. The molecule has 8 heavy (non-hydrogen) atoms. The Balaban J connectivity index is 2.72. The van der Waals surface area contributed by atoms with Gasteiger partial charge in [0.1, 0.15) is 0 Å². The smallest absolute Gasteiger partial charge is 0.0894 e. The molecule has 0 amide bonds. The van der Waals surface area contributed by atoms with Crippen molar-refractivity contribution in [1.29, 1.82) is 0 Å². The second-order valence-corrected chi connectivity index (χ2v) is 1.75. The Morgan fingerprint density at radius 3 is 2.62 bits per heavy atom. The van der Waals surface area contributed by atoms with Gasteiger partial charge in [-0.1, -0.05) is 12.2 Å². The fourth-order valence-corrected chi connectivity index (χ4v) is 0.523. The van der Waals surface area contributed by atoms with Gasteiger partial charge in [-0.2, -0.15) is 0 Å². The van der Waals surface area contributed by atoms with E-state index in [1.807, 2.05) is 13.0 Å². The van der Waals surface area contributed by atoms with Gasteiger partial charge in [0.25, 0.3) is 0 Å². The monoisotopic (exact) mass is 116 g/mol. The van der Waals surface area contributed by atoms with Crippen molar-refractivity contribution < 1.29 is 4.39 Å². The largest absolute Gasteiger partial charge is 0.251 e. The zero-order valence-electron chi connectivity index (χ0n) is 5.36. The molecule has 0 saturated carbocycles. The quantitative estimate of drug-likeness (QED) is 0.391. The predicted octanol–water partition coefficient (Wildman–Crippen LogP) is 2.70. The molecule has 0 aliphatic heterocycles. The third-order valence-electron chi connectivity index (χ3n) is 0.990. The maximum absolute atomic E-state index is 11.4. The van der Waals surface area contributed by atoms with Crippen molar-refractivity contribution in [3.05, 3.63) is 12.2 Å². The summed E-state index contributed by atoms with van der Waals surface area (Å²) in [6.45, 7) is 1.81. The summed E-state index contributed by atoms with van der Waals surface area (Å²) in [4.78, 5) is 0. The van der Waals surface area contributed by atoms with E-state index in [1.54, 1.807) is 0 Å². The summed E-state index contributed by atoms with van der Waals surface area (Å²) in [7, 11) is 0. The normalized spacial score (nSPS) is 10.8. The van der Waals surface area contributed by atoms with Crippen LogP contribution in [0, 0.1) is 0 Å². The molecule has 0 unspecified atom stereocenters. The summed E-state index contributed by atoms with van der Waals surface area (Å²) in [5.41, 5.74) is 0. The molecular formula is C7H13F. The van der Waals surface area contributed by atoms with E-state index in [9.17, 15) is 4.39 Å². The van der Waals surface area contributed by atoms with Crippen LogP contribution in [0.5, 0.6) is 0 Å². The molecule has 0 spiro atoms. The third-order valence-corrected chi connectivity index (χ3v) is 0.990. The van der Waals surface area contributed by atoms with Crippen molar-refractivity contribution in [3.8, 4) is 0 Å². The molecule has 0 aromatic rings. The van der Waals surface area contributed by atoms with Gasteiger partial charge in [-0.05, 0) is 26.2 Å². The standard InChI is InChI=1S/C7H13F/c1-2-3-4-5-6-7-8/h2-3H,4-7H2,1H3/b3-2+. The molecule has 0 aromatic carbocycles. The summed E-state index contributed by atoms with van der Waals surface area (Å²) in [6.07, 6.45) is 6.79. The highest BCUT2D eigenvalue weighted by molar-refractivity contribution is 4.75. The van der Waals surface area contributed by atoms with Crippen LogP contribution < -0.4 is 0 Å². The lowest BCUT2D eigenvalue weighted by molar-refractivity contribution is 0.463. The Hall–Kier alpha value is -0.330. The first-order chi connectivity index (χ1) is 3.91. The molecule has 0 saturated heterocycles. The Morgan fingerprint density at radius 2 is 2.12 bits per heavy atom. The van der Waals surface area contributed by atoms with Crippen LogP contribution in [0.4, 0.5) is 4.39 Å². The van der Waals surface area contributed by atoms with Crippen LogP contribution >= 0.6 is 0 Å². The number of alkyl halides is 1. The molecule has 0 nitrogen and oxygen atoms in total. The molecule has 0 bridgehead atoms. The number of halogens is 1. The summed E-state index contributed by atoms with van der Waals surface area (Å²) in [6, 6.07) is 0. The Morgan fingerprint density at radius 1 is 1.38 bits per heavy atom. The number of allylic oxidation sites excluding steroid dienone is 2. The molecule has 0 N–H and O–H groups in total. The van der Waals surface area contributed by atoms with Crippen LogP contribution in [0.15, 0.2) is 12.2 Å². The molecule has 0 aliphatic rings. The topological polar surface area (TPSA) is 0 Å². The van der Waals surface area contributed by atoms with Gasteiger partial charge in [-0.15, -0.1) is 0 Å². The van der Waals surface area contributed by atoms with Crippen molar-refractivity contribution in [2.75, 3.05) is 6.67 Å². The molecule has 0 heterocycles. The maximum atomic E-state index is 11.4. The van der Waals surface area contributed by atoms with Gasteiger partial charge < -0.3 is 0 Å². The van der Waals surface area contributed by atoms with E-state index in [1.165, 1.54) is 0 Å². The highest BCUT2D eigenvalue weighted by Crippen LogP contribution is 1.95. The number of unbranched alkanes of at least 4 members (excludes halogenated alkanes) is 2. The lowest BCUT2D eigenvalue weighted by atomic mass is 10.2. The average Bonchev–Trinajstić information content (AvgIpc) is 1.81. The second kappa shape index (κ2) is 6.67. The van der Waals surface area contributed by atoms with Crippen molar-refractivity contribution in [2.24, 2.45) is 0 Å². The van der Waals surface area contributed by atoms with E-state index in [4.69, 9.17) is 0 Å². The molecular weight excluding hydrogens is 103 g/mol. The highest BCUT2D eigenvalue weighted by Gasteiger charge is 1.80. The van der Waals surface area contributed by atoms with Crippen LogP contribution in [0.25, 0.3) is 0 Å². The molecule has 0 rings (SSSR count). The van der Waals surface area contributed by atoms with E-state index < -0.39 is 0 Å². The van der Waals surface area contributed by atoms with Gasteiger partial charge in [0.2, 0.25) is 0 Å². The van der Waals surface area contributed by atoms with E-state index in [2.05, 4.69) is 6.08 Å². The first-order valence-electron chi connectivity index (χ1n) is 3.09. The molecule has 0 radical (unpaired) electrons. The molecule has 0 fully saturated rings. The zero-order valence-corrected chi connectivity index (χ0v) is 5.36. The van der Waals surface area contributed by atoms with Crippen molar-refractivity contribution in [2.45, 2.75) is 26.2 Å². The van der Waals surface area contributed by atoms with Gasteiger partial charge >= 0.3 is 0 Å². The lowest BCUT2D eigenvalue weighted by Gasteiger charge is -1.87. The predicted molar refractivity (Wildman–Crippen MR) is 34.6 cm³/mol. The van der Waals surface area contributed by atoms with Gasteiger partial charge in [0.05, 0.1) is 6.67 Å². The molecule has 48 valence electrons. The Kier molecular flexibility index (Phi) is 6.39. The van der Waals surface area contributed by atoms with Crippen LogP contribution in [-0.2, 0) is 0 Å². The molecule has 0 atom stereocenters. The van der Waals surface area contributed by atoms with Crippen LogP contribution in [0.1, 0.15) is 26.2 Å². The first-order valence-corrected chi connectivity index (χ1v) is 3.09. The van der Waals surface area contributed by atoms with Crippen LogP contribution in [0.2, 0.25) is 0 Å². The second-order valence-electron chi connectivity index (χ2n) is 1.75. The summed E-state index contributed by atoms with van der Waals surface area (Å²) in [5.74, 6) is 0. The maximum Gasteiger partial charge on any atom is 0.0894 e. The van der Waals surface area contributed by atoms with Crippen molar-refractivity contribution >= 4 is 0 Å². The third kappa shape index (κ3) is 5.67. The molecule has 0 aromatic heterocycles. The van der Waals surface area contributed by atoms with Gasteiger partial charge in [0.15, 0.2) is 0 Å². The number of hydrogen-bond donors (Lipinski definition) is 0. The van der Waals surface area contributed by atoms with Crippen molar-refractivity contribution in [3.63, 3.8) is 0 Å². The van der Waals surface area contributed by atoms with E-state index in [0.717, 1.165) is 12.8 Å². The lowest BCUT2D eigenvalue weighted by Crippen LogP contribution is -1.73. The van der Waals surface area contributed by atoms with Gasteiger partial charge in [-0.25, -0.2) is 0 Å². The highest BCUT2D eigenvalue weighted by atomic mass is 19.1. The van der Waals surface area contributed by atoms with Crippen LogP contribution in [-0.4, -0.2) is 6.67 Å². The fraction of sp³-hybridized carbons (Fsp3) is 0.714. The minimum Gasteiger partial charge on any atom is -0.251 e. The summed E-state index contributed by atoms with van der Waals surface area (Å²) in [5, 5.41) is 0. The fourth-order valence-electron chi connectivity index (χ4n) is 0.523. The van der Waals surface area contributed by atoms with E-state index in [-0.39, 0.29) is 6.67 Å². The molecule has 0 aliphatic carbocycles. The first kappa shape index (κ1) is 7.67. The van der Waals surface area contributed by atoms with E-state index in [0.29, 0.717) is 6.42 Å². The van der Waals surface area contributed by atoms with Gasteiger partial charge in [-0.3, -0.25) is 4.39 Å². The average molecular weight is 116 g/mol. The minimum absolute atomic E-state index is 0.169. The van der Waals surface area contributed by atoms with Gasteiger partial charge in [0, 0.05) is 0 Å². The Labute approximate surface area is 50.4 Å². The van der Waals surface area contributed by atoms with Crippen molar-refractivity contribution in [1.82, 2.24) is 0 Å². The minimum atomic E-state index is -0.169. The zero-order chi connectivity index (χ0) is 6.24. The molecule has 1 heteroatoms. The Bertz CT molecular complexity index is 57.4. The number of hydrogen-bond acceptors (Lipinski definition) is 0. The summed E-state index contributed by atoms with van der Waals surface area (Å²) >= 11 is 0.